The van der Waals surface area contributed by atoms with Gasteiger partial charge < -0.3 is 9.32 Å². The molecule has 0 aliphatic heterocycles. The van der Waals surface area contributed by atoms with Crippen molar-refractivity contribution in [3.05, 3.63) is 176 Å². The fraction of sp³-hybridized carbons (Fsp3) is 0. The predicted octanol–water partition coefficient (Wildman–Crippen LogP) is 15.1. The molecule has 0 fully saturated rings. The Morgan fingerprint density at radius 2 is 1.10 bits per heavy atom. The summed E-state index contributed by atoms with van der Waals surface area (Å²) in [4.78, 5) is 2.47. The van der Waals surface area contributed by atoms with E-state index < -0.39 is 0 Å². The molecular formula is C48H29NOS2. The van der Waals surface area contributed by atoms with Gasteiger partial charge in [0.1, 0.15) is 11.2 Å². The standard InChI is InChI=1S/C48H29NOS2/c1-3-12-30(13-4-1)32-22-24-35-38-29-33(23-27-44(38)51-45(35)28-32)49(39-18-11-20-42-46(39)36-16-7-9-19-41(36)50-42)40-26-25-34(31-14-5-2-6-15-31)48-47(40)37-17-8-10-21-43(37)52-48/h1-29H. The van der Waals surface area contributed by atoms with Crippen molar-refractivity contribution in [3.63, 3.8) is 0 Å². The van der Waals surface area contributed by atoms with E-state index in [0.29, 0.717) is 0 Å². The van der Waals surface area contributed by atoms with Crippen LogP contribution in [0.25, 0.3) is 84.5 Å². The molecule has 2 nitrogen and oxygen atoms in total. The number of furan rings is 1. The molecule has 0 aliphatic rings. The quantitative estimate of drug-likeness (QED) is 0.178. The van der Waals surface area contributed by atoms with Crippen LogP contribution >= 0.6 is 22.7 Å². The number of hydrogen-bond acceptors (Lipinski definition) is 4. The summed E-state index contributed by atoms with van der Waals surface area (Å²) in [6.45, 7) is 0. The number of hydrogen-bond donors (Lipinski definition) is 0. The minimum atomic E-state index is 0.881. The first-order valence-corrected chi connectivity index (χ1v) is 19.1. The summed E-state index contributed by atoms with van der Waals surface area (Å²) in [6.07, 6.45) is 0. The third-order valence-electron chi connectivity index (χ3n) is 10.3. The van der Waals surface area contributed by atoms with Crippen LogP contribution in [0.1, 0.15) is 0 Å². The number of para-hydroxylation sites is 1. The number of nitrogens with zero attached hydrogens (tertiary/aromatic N) is 1. The smallest absolute Gasteiger partial charge is 0.137 e. The zero-order chi connectivity index (χ0) is 34.2. The van der Waals surface area contributed by atoms with Crippen molar-refractivity contribution in [2.24, 2.45) is 0 Å². The highest BCUT2D eigenvalue weighted by atomic mass is 32.1. The van der Waals surface area contributed by atoms with Gasteiger partial charge in [0, 0.05) is 51.4 Å². The van der Waals surface area contributed by atoms with Crippen LogP contribution in [0.15, 0.2) is 180 Å². The van der Waals surface area contributed by atoms with E-state index >= 15 is 0 Å². The molecule has 0 unspecified atom stereocenters. The number of rotatable bonds is 5. The van der Waals surface area contributed by atoms with Crippen molar-refractivity contribution in [3.8, 4) is 22.3 Å². The summed E-state index contributed by atoms with van der Waals surface area (Å²) in [5.41, 5.74) is 10.1. The fourth-order valence-electron chi connectivity index (χ4n) is 7.91. The van der Waals surface area contributed by atoms with Gasteiger partial charge in [-0.25, -0.2) is 0 Å². The summed E-state index contributed by atoms with van der Waals surface area (Å²) in [6, 6.07) is 63.6. The van der Waals surface area contributed by atoms with Crippen molar-refractivity contribution >= 4 is 102 Å². The monoisotopic (exact) mass is 699 g/mol. The van der Waals surface area contributed by atoms with Gasteiger partial charge in [0.05, 0.1) is 16.8 Å². The highest BCUT2D eigenvalue weighted by molar-refractivity contribution is 7.26. The summed E-state index contributed by atoms with van der Waals surface area (Å²) >= 11 is 3.74. The molecule has 11 rings (SSSR count). The van der Waals surface area contributed by atoms with Gasteiger partial charge in [0.2, 0.25) is 0 Å². The van der Waals surface area contributed by atoms with Gasteiger partial charge in [-0.2, -0.15) is 0 Å². The van der Waals surface area contributed by atoms with E-state index in [1.54, 1.807) is 0 Å². The lowest BCUT2D eigenvalue weighted by atomic mass is 9.99. The van der Waals surface area contributed by atoms with E-state index in [4.69, 9.17) is 4.42 Å². The second-order valence-electron chi connectivity index (χ2n) is 13.2. The molecule has 3 heterocycles. The van der Waals surface area contributed by atoms with Crippen molar-refractivity contribution in [2.75, 3.05) is 4.90 Å². The van der Waals surface area contributed by atoms with Crippen molar-refractivity contribution in [2.45, 2.75) is 0 Å². The summed E-state index contributed by atoms with van der Waals surface area (Å²) in [5, 5.41) is 7.29. The van der Waals surface area contributed by atoms with E-state index in [0.717, 1.165) is 39.0 Å². The molecule has 0 saturated heterocycles. The number of thiophene rings is 2. The van der Waals surface area contributed by atoms with Crippen molar-refractivity contribution in [1.29, 1.82) is 0 Å². The Morgan fingerprint density at radius 3 is 1.96 bits per heavy atom. The third kappa shape index (κ3) is 4.55. The Labute approximate surface area is 308 Å². The van der Waals surface area contributed by atoms with Crippen LogP contribution in [0.4, 0.5) is 17.1 Å². The van der Waals surface area contributed by atoms with Crippen LogP contribution in [0, 0.1) is 0 Å². The van der Waals surface area contributed by atoms with E-state index in [9.17, 15) is 0 Å². The molecule has 0 radical (unpaired) electrons. The molecule has 0 bridgehead atoms. The van der Waals surface area contributed by atoms with Gasteiger partial charge in [0.25, 0.3) is 0 Å². The maximum atomic E-state index is 6.47. The maximum Gasteiger partial charge on any atom is 0.137 e. The fourth-order valence-corrected chi connectivity index (χ4v) is 10.3. The van der Waals surface area contributed by atoms with Gasteiger partial charge in [-0.3, -0.25) is 0 Å². The molecule has 4 heteroatoms. The molecule has 52 heavy (non-hydrogen) atoms. The SMILES string of the molecule is c1ccc(-c2ccc3c(c2)sc2ccc(N(c4cccc5oc6ccccc6c45)c4ccc(-c5ccccc5)c5sc6ccccc6c45)cc23)cc1. The van der Waals surface area contributed by atoms with Crippen LogP contribution < -0.4 is 4.90 Å². The highest BCUT2D eigenvalue weighted by Crippen LogP contribution is 2.51. The van der Waals surface area contributed by atoms with Crippen LogP contribution in [0.2, 0.25) is 0 Å². The molecule has 8 aromatic carbocycles. The van der Waals surface area contributed by atoms with Crippen molar-refractivity contribution < 1.29 is 4.42 Å². The third-order valence-corrected chi connectivity index (χ3v) is 12.6. The molecule has 0 spiro atoms. The molecule has 244 valence electrons. The number of anilines is 3. The van der Waals surface area contributed by atoms with E-state index in [1.807, 2.05) is 28.7 Å². The Balaban J connectivity index is 1.21. The van der Waals surface area contributed by atoms with Crippen LogP contribution in [0.5, 0.6) is 0 Å². The Morgan fingerprint density at radius 1 is 0.385 bits per heavy atom. The first kappa shape index (κ1) is 29.5. The highest BCUT2D eigenvalue weighted by Gasteiger charge is 2.24. The largest absolute Gasteiger partial charge is 0.456 e. The van der Waals surface area contributed by atoms with E-state index in [1.165, 1.54) is 62.6 Å². The Kier molecular flexibility index (Phi) is 6.63. The molecule has 3 aromatic heterocycles. The summed E-state index contributed by atoms with van der Waals surface area (Å²) < 4.78 is 11.6. The molecule has 0 amide bonds. The van der Waals surface area contributed by atoms with Gasteiger partial charge >= 0.3 is 0 Å². The minimum absolute atomic E-state index is 0.881. The number of benzene rings is 8. The maximum absolute atomic E-state index is 6.47. The average Bonchev–Trinajstić information content (AvgIpc) is 3.90. The minimum Gasteiger partial charge on any atom is -0.456 e. The molecule has 0 atom stereocenters. The number of fused-ring (bicyclic) bond motifs is 9. The molecule has 0 N–H and O–H groups in total. The summed E-state index contributed by atoms with van der Waals surface area (Å²) in [7, 11) is 0. The molecule has 0 saturated carbocycles. The zero-order valence-electron chi connectivity index (χ0n) is 27.9. The normalized spacial score (nSPS) is 11.8. The second kappa shape index (κ2) is 11.7. The lowest BCUT2D eigenvalue weighted by molar-refractivity contribution is 0.669. The van der Waals surface area contributed by atoms with E-state index in [2.05, 4.69) is 175 Å². The van der Waals surface area contributed by atoms with Crippen LogP contribution in [0.3, 0.4) is 0 Å². The van der Waals surface area contributed by atoms with Gasteiger partial charge in [-0.15, -0.1) is 22.7 Å². The lowest BCUT2D eigenvalue weighted by Gasteiger charge is -2.28. The van der Waals surface area contributed by atoms with Gasteiger partial charge in [0.15, 0.2) is 0 Å². The average molecular weight is 700 g/mol. The first-order valence-electron chi connectivity index (χ1n) is 17.5. The van der Waals surface area contributed by atoms with Crippen LogP contribution in [-0.2, 0) is 0 Å². The topological polar surface area (TPSA) is 16.4 Å². The predicted molar refractivity (Wildman–Crippen MR) is 225 cm³/mol. The Bertz CT molecular complexity index is 3130. The summed E-state index contributed by atoms with van der Waals surface area (Å²) in [5.74, 6) is 0. The second-order valence-corrected chi connectivity index (χ2v) is 15.4. The van der Waals surface area contributed by atoms with E-state index in [-0.39, 0.29) is 0 Å². The van der Waals surface area contributed by atoms with Crippen LogP contribution in [-0.4, -0.2) is 0 Å². The molecule has 0 aliphatic carbocycles. The molecular weight excluding hydrogens is 671 g/mol. The lowest BCUT2D eigenvalue weighted by Crippen LogP contribution is -2.11. The Hall–Kier alpha value is -6.20. The van der Waals surface area contributed by atoms with Crippen molar-refractivity contribution in [1.82, 2.24) is 0 Å². The van der Waals surface area contributed by atoms with Gasteiger partial charge in [-0.1, -0.05) is 121 Å². The first-order chi connectivity index (χ1) is 25.8. The zero-order valence-corrected chi connectivity index (χ0v) is 29.5. The van der Waals surface area contributed by atoms with Gasteiger partial charge in [-0.05, 0) is 76.9 Å². The molecule has 11 aromatic rings.